The first-order valence-corrected chi connectivity index (χ1v) is 4.85. The van der Waals surface area contributed by atoms with E-state index in [1.807, 2.05) is 13.8 Å². The van der Waals surface area contributed by atoms with Crippen molar-refractivity contribution >= 4 is 8.03 Å². The van der Waals surface area contributed by atoms with Gasteiger partial charge in [0.15, 0.2) is 0 Å². The molecule has 3 nitrogen and oxygen atoms in total. The van der Waals surface area contributed by atoms with Gasteiger partial charge in [-0.15, -0.1) is 0 Å². The summed E-state index contributed by atoms with van der Waals surface area (Å²) in [6, 6.07) is 0. The molecule has 0 aliphatic rings. The lowest BCUT2D eigenvalue weighted by atomic mass is 10.3. The highest BCUT2D eigenvalue weighted by molar-refractivity contribution is 7.39. The lowest BCUT2D eigenvalue weighted by Gasteiger charge is -2.11. The minimum atomic E-state index is -2.21. The Kier molecular flexibility index (Phi) is 4.96. The molecule has 0 amide bonds. The van der Waals surface area contributed by atoms with Gasteiger partial charge in [-0.2, -0.15) is 0 Å². The van der Waals surface area contributed by atoms with Gasteiger partial charge in [-0.25, -0.2) is 0 Å². The minimum Gasteiger partial charge on any atom is -0.384 e. The second-order valence-electron chi connectivity index (χ2n) is 2.33. The van der Waals surface area contributed by atoms with Gasteiger partial charge in [-0.05, 0) is 20.3 Å². The molecular formula is C6H15O3P. The van der Waals surface area contributed by atoms with Crippen molar-refractivity contribution in [3.05, 3.63) is 0 Å². The van der Waals surface area contributed by atoms with Gasteiger partial charge in [0.25, 0.3) is 0 Å². The number of hydrogen-bond acceptors (Lipinski definition) is 3. The normalized spacial score (nSPS) is 20.0. The van der Waals surface area contributed by atoms with Gasteiger partial charge in [0.05, 0.1) is 6.10 Å². The van der Waals surface area contributed by atoms with Crippen LogP contribution >= 0.6 is 8.03 Å². The zero-order chi connectivity index (χ0) is 8.15. The van der Waals surface area contributed by atoms with E-state index in [-0.39, 0.29) is 6.10 Å². The molecule has 0 aromatic carbocycles. The maximum atomic E-state index is 10.8. The molecule has 1 N–H and O–H groups in total. The molecule has 0 radical (unpaired) electrons. The highest BCUT2D eigenvalue weighted by Gasteiger charge is 2.09. The van der Waals surface area contributed by atoms with Gasteiger partial charge in [0, 0.05) is 0 Å². The minimum absolute atomic E-state index is 0.0130. The van der Waals surface area contributed by atoms with Gasteiger partial charge in [0.1, 0.15) is 5.85 Å². The molecule has 0 aromatic heterocycles. The summed E-state index contributed by atoms with van der Waals surface area (Å²) in [4.78, 5) is 0. The number of hydrogen-bond donors (Lipinski definition) is 1. The standard InChI is InChI=1S/C6H15O3P/c1-4-5(2)9-10(8)6(3)7/h5-7,10H,4H2,1-3H3. The molecule has 62 valence electrons. The van der Waals surface area contributed by atoms with E-state index < -0.39 is 13.9 Å². The molecule has 4 heteroatoms. The van der Waals surface area contributed by atoms with Crippen molar-refractivity contribution < 1.29 is 14.2 Å². The van der Waals surface area contributed by atoms with Crippen LogP contribution in [0.3, 0.4) is 0 Å². The van der Waals surface area contributed by atoms with E-state index in [0.29, 0.717) is 0 Å². The molecular weight excluding hydrogens is 151 g/mol. The monoisotopic (exact) mass is 166 g/mol. The summed E-state index contributed by atoms with van der Waals surface area (Å²) in [6.07, 6.45) is 0.810. The summed E-state index contributed by atoms with van der Waals surface area (Å²) >= 11 is 0. The highest BCUT2D eigenvalue weighted by atomic mass is 31.1. The maximum absolute atomic E-state index is 10.8. The Hall–Kier alpha value is 0.150. The molecule has 0 aliphatic heterocycles. The van der Waals surface area contributed by atoms with E-state index in [4.69, 9.17) is 9.63 Å². The summed E-state index contributed by atoms with van der Waals surface area (Å²) < 4.78 is 15.8. The second kappa shape index (κ2) is 4.89. The maximum Gasteiger partial charge on any atom is 0.219 e. The summed E-state index contributed by atoms with van der Waals surface area (Å²) in [6.45, 7) is 5.26. The molecule has 0 heterocycles. The first-order valence-electron chi connectivity index (χ1n) is 3.46. The van der Waals surface area contributed by atoms with E-state index in [2.05, 4.69) is 0 Å². The van der Waals surface area contributed by atoms with Crippen molar-refractivity contribution in [2.45, 2.75) is 39.1 Å². The fourth-order valence-corrected chi connectivity index (χ4v) is 1.14. The predicted molar refractivity (Wildman–Crippen MR) is 41.5 cm³/mol. The quantitative estimate of drug-likeness (QED) is 0.645. The lowest BCUT2D eigenvalue weighted by Crippen LogP contribution is -2.04. The van der Waals surface area contributed by atoms with Crippen LogP contribution in [0.5, 0.6) is 0 Å². The summed E-state index contributed by atoms with van der Waals surface area (Å²) in [5.74, 6) is -0.820. The van der Waals surface area contributed by atoms with Crippen molar-refractivity contribution in [2.24, 2.45) is 0 Å². The number of aliphatic hydroxyl groups excluding tert-OH is 1. The molecule has 3 unspecified atom stereocenters. The van der Waals surface area contributed by atoms with Crippen LogP contribution in [0, 0.1) is 0 Å². The van der Waals surface area contributed by atoms with Gasteiger partial charge < -0.3 is 9.63 Å². The predicted octanol–water partition coefficient (Wildman–Crippen LogP) is 1.61. The fourth-order valence-electron chi connectivity index (χ4n) is 0.380. The van der Waals surface area contributed by atoms with E-state index in [9.17, 15) is 4.57 Å². The van der Waals surface area contributed by atoms with Crippen molar-refractivity contribution in [1.29, 1.82) is 0 Å². The van der Waals surface area contributed by atoms with E-state index in [1.165, 1.54) is 6.92 Å². The summed E-state index contributed by atoms with van der Waals surface area (Å²) in [5.41, 5.74) is 0. The third-order valence-corrected chi connectivity index (χ3v) is 2.55. The van der Waals surface area contributed by atoms with Crippen LogP contribution < -0.4 is 0 Å². The van der Waals surface area contributed by atoms with Crippen LogP contribution in [-0.2, 0) is 9.09 Å². The second-order valence-corrected chi connectivity index (χ2v) is 4.04. The first kappa shape index (κ1) is 10.2. The van der Waals surface area contributed by atoms with Crippen LogP contribution in [0.15, 0.2) is 0 Å². The third-order valence-electron chi connectivity index (χ3n) is 1.23. The Balaban J connectivity index is 3.57. The fraction of sp³-hybridized carbons (Fsp3) is 1.00. The molecule has 3 atom stereocenters. The molecule has 0 aromatic rings. The number of aliphatic hydroxyl groups is 1. The smallest absolute Gasteiger partial charge is 0.219 e. The Bertz CT molecular complexity index is 114. The molecule has 0 saturated heterocycles. The van der Waals surface area contributed by atoms with Crippen LogP contribution in [0.1, 0.15) is 27.2 Å². The Morgan fingerprint density at radius 2 is 2.10 bits per heavy atom. The molecule has 0 aliphatic carbocycles. The SMILES string of the molecule is CCC(C)O[PH](=O)C(C)O. The topological polar surface area (TPSA) is 46.5 Å². The van der Waals surface area contributed by atoms with E-state index in [1.54, 1.807) is 0 Å². The van der Waals surface area contributed by atoms with Crippen molar-refractivity contribution in [2.75, 3.05) is 0 Å². The Labute approximate surface area is 62.3 Å². The summed E-state index contributed by atoms with van der Waals surface area (Å²) in [7, 11) is -2.21. The van der Waals surface area contributed by atoms with Crippen molar-refractivity contribution in [3.63, 3.8) is 0 Å². The molecule has 0 bridgehead atoms. The lowest BCUT2D eigenvalue weighted by molar-refractivity contribution is 0.191. The molecule has 0 saturated carbocycles. The van der Waals surface area contributed by atoms with Crippen molar-refractivity contribution in [1.82, 2.24) is 0 Å². The largest absolute Gasteiger partial charge is 0.384 e. The zero-order valence-electron chi connectivity index (χ0n) is 6.63. The third kappa shape index (κ3) is 4.04. The van der Waals surface area contributed by atoms with E-state index in [0.717, 1.165) is 6.42 Å². The van der Waals surface area contributed by atoms with E-state index >= 15 is 0 Å². The first-order chi connectivity index (χ1) is 4.57. The Morgan fingerprint density at radius 1 is 1.60 bits per heavy atom. The van der Waals surface area contributed by atoms with Gasteiger partial charge in [0.2, 0.25) is 8.03 Å². The zero-order valence-corrected chi connectivity index (χ0v) is 7.63. The highest BCUT2D eigenvalue weighted by Crippen LogP contribution is 2.29. The van der Waals surface area contributed by atoms with Gasteiger partial charge >= 0.3 is 0 Å². The van der Waals surface area contributed by atoms with Crippen LogP contribution in [-0.4, -0.2) is 17.1 Å². The van der Waals surface area contributed by atoms with Gasteiger partial charge in [-0.1, -0.05) is 6.92 Å². The molecule has 0 spiro atoms. The van der Waals surface area contributed by atoms with Crippen LogP contribution in [0.4, 0.5) is 0 Å². The molecule has 10 heavy (non-hydrogen) atoms. The molecule has 0 rings (SSSR count). The number of rotatable bonds is 4. The van der Waals surface area contributed by atoms with Crippen molar-refractivity contribution in [3.8, 4) is 0 Å². The van der Waals surface area contributed by atoms with Gasteiger partial charge in [-0.3, -0.25) is 4.57 Å². The average Bonchev–Trinajstić information content (AvgIpc) is 1.87. The average molecular weight is 166 g/mol. The Morgan fingerprint density at radius 3 is 2.40 bits per heavy atom. The summed E-state index contributed by atoms with van der Waals surface area (Å²) in [5, 5.41) is 8.77. The van der Waals surface area contributed by atoms with Crippen LogP contribution in [0.2, 0.25) is 0 Å². The molecule has 0 fully saturated rings. The van der Waals surface area contributed by atoms with Crippen LogP contribution in [0.25, 0.3) is 0 Å².